The van der Waals surface area contributed by atoms with Gasteiger partial charge in [0.15, 0.2) is 12.0 Å². The topological polar surface area (TPSA) is 65.3 Å². The van der Waals surface area contributed by atoms with Crippen molar-refractivity contribution in [3.8, 4) is 0 Å². The molecule has 0 saturated carbocycles. The second-order valence-corrected chi connectivity index (χ2v) is 4.62. The number of carbonyl (C=O) groups is 1. The highest BCUT2D eigenvalue weighted by molar-refractivity contribution is 5.83. The first kappa shape index (κ1) is 10.2. The van der Waals surface area contributed by atoms with Crippen LogP contribution in [0.3, 0.4) is 0 Å². The molecule has 1 atom stereocenters. The molecular formula is C11H13N4O2+. The van der Waals surface area contributed by atoms with Gasteiger partial charge in [-0.3, -0.25) is 4.99 Å². The molecule has 0 aliphatic carbocycles. The third kappa shape index (κ3) is 1.41. The fraction of sp³-hybridized carbons (Fsp3) is 0.364. The van der Waals surface area contributed by atoms with Crippen molar-refractivity contribution in [2.75, 3.05) is 20.1 Å². The van der Waals surface area contributed by atoms with Gasteiger partial charge >= 0.3 is 6.09 Å². The lowest BCUT2D eigenvalue weighted by molar-refractivity contribution is -0.706. The number of nitrogens with zero attached hydrogens (tertiary/aromatic N) is 4. The second-order valence-electron chi connectivity index (χ2n) is 4.62. The number of hydrogen-bond acceptors (Lipinski definition) is 3. The van der Waals surface area contributed by atoms with Gasteiger partial charge in [0.25, 0.3) is 0 Å². The van der Waals surface area contributed by atoms with Gasteiger partial charge in [-0.25, -0.2) is 14.3 Å². The lowest BCUT2D eigenvalue weighted by atomic mass is 9.95. The molecule has 1 unspecified atom stereocenters. The maximum Gasteiger partial charge on any atom is 0.407 e. The lowest BCUT2D eigenvalue weighted by Crippen LogP contribution is -2.50. The Morgan fingerprint density at radius 2 is 2.35 bits per heavy atom. The molecule has 0 bridgehead atoms. The Kier molecular flexibility index (Phi) is 1.97. The predicted molar refractivity (Wildman–Crippen MR) is 62.4 cm³/mol. The molecule has 0 spiro atoms. The van der Waals surface area contributed by atoms with Crippen LogP contribution in [0.1, 0.15) is 0 Å². The molecule has 3 heterocycles. The standard InChI is InChI=1S/C11H12N4O2/c1-15-3-2-12-4-9(15)10(13-7-15)8-5-14(6-8)11(16)17/h2-4,7-8H,5-6H2,1H3/p+1. The van der Waals surface area contributed by atoms with E-state index >= 15 is 0 Å². The van der Waals surface area contributed by atoms with Crippen molar-refractivity contribution in [3.05, 3.63) is 23.8 Å². The second kappa shape index (κ2) is 3.27. The van der Waals surface area contributed by atoms with E-state index in [2.05, 4.69) is 9.98 Å². The number of fused-ring (bicyclic) bond motifs is 1. The molecule has 6 nitrogen and oxygen atoms in total. The van der Waals surface area contributed by atoms with E-state index < -0.39 is 6.09 Å². The summed E-state index contributed by atoms with van der Waals surface area (Å²) in [6.45, 7) is 1.06. The Hall–Kier alpha value is -1.95. The number of quaternary nitrogens is 1. The monoisotopic (exact) mass is 233 g/mol. The molecule has 88 valence electrons. The minimum absolute atomic E-state index is 0.204. The van der Waals surface area contributed by atoms with E-state index in [0.717, 1.165) is 11.4 Å². The minimum Gasteiger partial charge on any atom is -0.465 e. The van der Waals surface area contributed by atoms with E-state index in [1.807, 2.05) is 25.8 Å². The lowest BCUT2D eigenvalue weighted by Gasteiger charge is -2.36. The summed E-state index contributed by atoms with van der Waals surface area (Å²) in [5, 5.41) is 8.81. The smallest absolute Gasteiger partial charge is 0.407 e. The molecule has 0 aromatic heterocycles. The van der Waals surface area contributed by atoms with Crippen molar-refractivity contribution in [1.82, 2.24) is 4.90 Å². The van der Waals surface area contributed by atoms with E-state index in [-0.39, 0.29) is 5.92 Å². The largest absolute Gasteiger partial charge is 0.465 e. The Labute approximate surface area is 98.5 Å². The Morgan fingerprint density at radius 1 is 1.59 bits per heavy atom. The van der Waals surface area contributed by atoms with Gasteiger partial charge < -0.3 is 10.0 Å². The fourth-order valence-corrected chi connectivity index (χ4v) is 2.28. The SMILES string of the molecule is C[N+]12C=CN=CC1=C(C1CN(C(=O)O)C1)N=C2. The first-order valence-corrected chi connectivity index (χ1v) is 5.45. The van der Waals surface area contributed by atoms with Gasteiger partial charge in [0.05, 0.1) is 19.5 Å². The maximum absolute atomic E-state index is 10.7. The summed E-state index contributed by atoms with van der Waals surface area (Å²) in [7, 11) is 2.03. The molecule has 1 fully saturated rings. The Balaban J connectivity index is 1.84. The zero-order valence-corrected chi connectivity index (χ0v) is 9.45. The van der Waals surface area contributed by atoms with Crippen molar-refractivity contribution in [2.45, 2.75) is 0 Å². The minimum atomic E-state index is -0.858. The van der Waals surface area contributed by atoms with E-state index in [9.17, 15) is 4.79 Å². The normalized spacial score (nSPS) is 30.8. The Morgan fingerprint density at radius 3 is 3.06 bits per heavy atom. The summed E-state index contributed by atoms with van der Waals surface area (Å²) in [5.74, 6) is 0.204. The zero-order valence-electron chi connectivity index (χ0n) is 9.45. The first-order chi connectivity index (χ1) is 8.10. The number of amides is 1. The van der Waals surface area contributed by atoms with Crippen LogP contribution >= 0.6 is 0 Å². The molecule has 6 heteroatoms. The summed E-state index contributed by atoms with van der Waals surface area (Å²) in [6.07, 6.45) is 6.52. The quantitative estimate of drug-likeness (QED) is 0.682. The molecule has 1 amide bonds. The Bertz CT molecular complexity index is 500. The van der Waals surface area contributed by atoms with E-state index in [4.69, 9.17) is 5.11 Å². The van der Waals surface area contributed by atoms with Gasteiger partial charge in [0, 0.05) is 19.0 Å². The van der Waals surface area contributed by atoms with Gasteiger partial charge in [0.1, 0.15) is 11.9 Å². The molecule has 0 aromatic rings. The average Bonchev–Trinajstić information content (AvgIpc) is 2.54. The van der Waals surface area contributed by atoms with Crippen LogP contribution in [0.5, 0.6) is 0 Å². The van der Waals surface area contributed by atoms with Crippen molar-refractivity contribution in [3.63, 3.8) is 0 Å². The van der Waals surface area contributed by atoms with E-state index in [0.29, 0.717) is 17.6 Å². The van der Waals surface area contributed by atoms with Crippen LogP contribution in [0.25, 0.3) is 0 Å². The van der Waals surface area contributed by atoms with Crippen molar-refractivity contribution in [2.24, 2.45) is 15.9 Å². The van der Waals surface area contributed by atoms with Crippen molar-refractivity contribution in [1.29, 1.82) is 0 Å². The number of hydrogen-bond donors (Lipinski definition) is 1. The number of aliphatic imine (C=N–C) groups is 2. The van der Waals surface area contributed by atoms with Crippen LogP contribution in [0.2, 0.25) is 0 Å². The van der Waals surface area contributed by atoms with Gasteiger partial charge in [-0.1, -0.05) is 0 Å². The van der Waals surface area contributed by atoms with Crippen molar-refractivity contribution < 1.29 is 14.4 Å². The summed E-state index contributed by atoms with van der Waals surface area (Å²) >= 11 is 0. The highest BCUT2D eigenvalue weighted by Gasteiger charge is 2.42. The number of likely N-dealkylation sites (tertiary alicyclic amines) is 1. The van der Waals surface area contributed by atoms with Crippen LogP contribution in [0.4, 0.5) is 4.79 Å². The third-order valence-corrected chi connectivity index (χ3v) is 3.42. The van der Waals surface area contributed by atoms with Crippen molar-refractivity contribution >= 4 is 18.6 Å². The van der Waals surface area contributed by atoms with Crippen LogP contribution in [0.15, 0.2) is 33.8 Å². The molecule has 3 rings (SSSR count). The average molecular weight is 233 g/mol. The van der Waals surface area contributed by atoms with Gasteiger partial charge in [-0.05, 0) is 0 Å². The van der Waals surface area contributed by atoms with Gasteiger partial charge in [-0.15, -0.1) is 0 Å². The molecule has 1 N–H and O–H groups in total. The number of allylic oxidation sites excluding steroid dienone is 1. The van der Waals surface area contributed by atoms with E-state index in [1.165, 1.54) is 4.90 Å². The predicted octanol–water partition coefficient (Wildman–Crippen LogP) is 0.852. The third-order valence-electron chi connectivity index (χ3n) is 3.42. The van der Waals surface area contributed by atoms with Gasteiger partial charge in [-0.2, -0.15) is 0 Å². The molecule has 3 aliphatic heterocycles. The highest BCUT2D eigenvalue weighted by atomic mass is 16.4. The zero-order chi connectivity index (χ0) is 12.0. The van der Waals surface area contributed by atoms with Crippen LogP contribution in [0, 0.1) is 5.92 Å². The summed E-state index contributed by atoms with van der Waals surface area (Å²) in [4.78, 5) is 20.7. The molecular weight excluding hydrogens is 220 g/mol. The maximum atomic E-state index is 10.7. The summed E-state index contributed by atoms with van der Waals surface area (Å²) in [5.41, 5.74) is 2.01. The molecule has 0 radical (unpaired) electrons. The highest BCUT2D eigenvalue weighted by Crippen LogP contribution is 2.34. The first-order valence-electron chi connectivity index (χ1n) is 5.45. The molecule has 0 aromatic carbocycles. The molecule has 1 saturated heterocycles. The number of rotatable bonds is 1. The van der Waals surface area contributed by atoms with Crippen LogP contribution in [-0.4, -0.2) is 53.3 Å². The van der Waals surface area contributed by atoms with E-state index in [1.54, 1.807) is 6.20 Å². The summed E-state index contributed by atoms with van der Waals surface area (Å²) < 4.78 is 0.530. The fourth-order valence-electron chi connectivity index (χ4n) is 2.28. The van der Waals surface area contributed by atoms with Crippen LogP contribution < -0.4 is 0 Å². The summed E-state index contributed by atoms with van der Waals surface area (Å²) in [6, 6.07) is 0. The van der Waals surface area contributed by atoms with Gasteiger partial charge in [0.2, 0.25) is 0 Å². The molecule has 17 heavy (non-hydrogen) atoms. The van der Waals surface area contributed by atoms with Crippen LogP contribution in [-0.2, 0) is 0 Å². The molecule has 3 aliphatic rings. The number of carboxylic acid groups (broad SMARTS) is 1.